The van der Waals surface area contributed by atoms with Gasteiger partial charge in [0.15, 0.2) is 0 Å². The molecule has 2 amide bonds. The van der Waals surface area contributed by atoms with Gasteiger partial charge in [0.2, 0.25) is 5.91 Å². The van der Waals surface area contributed by atoms with Crippen LogP contribution in [0, 0.1) is 17.8 Å². The number of nitrogens with one attached hydrogen (secondary N) is 2. The van der Waals surface area contributed by atoms with Gasteiger partial charge in [0, 0.05) is 25.6 Å². The lowest BCUT2D eigenvalue weighted by Gasteiger charge is -2.35. The van der Waals surface area contributed by atoms with E-state index in [4.69, 9.17) is 0 Å². The van der Waals surface area contributed by atoms with Crippen LogP contribution in [0.3, 0.4) is 0 Å². The fraction of sp³-hybridized carbons (Fsp3) is 0.579. The van der Waals surface area contributed by atoms with Crippen LogP contribution in [0.25, 0.3) is 0 Å². The van der Waals surface area contributed by atoms with Crippen LogP contribution in [0.15, 0.2) is 24.3 Å². The van der Waals surface area contributed by atoms with E-state index in [2.05, 4.69) is 24.5 Å². The van der Waals surface area contributed by atoms with Crippen molar-refractivity contribution in [2.75, 3.05) is 32.0 Å². The van der Waals surface area contributed by atoms with Crippen LogP contribution < -0.4 is 10.6 Å². The van der Waals surface area contributed by atoms with Gasteiger partial charge in [-0.2, -0.15) is 0 Å². The molecule has 2 N–H and O–H groups in total. The molecule has 0 bridgehead atoms. The average Bonchev–Trinajstić information content (AvgIpc) is 2.54. The molecule has 1 aliphatic heterocycles. The maximum atomic E-state index is 13.0. The van der Waals surface area contributed by atoms with Crippen LogP contribution in [-0.4, -0.2) is 43.4 Å². The molecule has 3 atom stereocenters. The number of para-hydroxylation sites is 1. The Hall–Kier alpha value is -1.59. The molecule has 1 fully saturated rings. The fourth-order valence-corrected chi connectivity index (χ4v) is 3.43. The molecule has 140 valence electrons. The van der Waals surface area contributed by atoms with Crippen molar-refractivity contribution in [3.8, 4) is 0 Å². The second-order valence-corrected chi connectivity index (χ2v) is 7.15. The minimum atomic E-state index is -0.159. The van der Waals surface area contributed by atoms with Crippen molar-refractivity contribution in [3.63, 3.8) is 0 Å². The molecule has 0 saturated carbocycles. The van der Waals surface area contributed by atoms with Gasteiger partial charge in [0.25, 0.3) is 5.91 Å². The SMILES string of the molecule is CNCC(C)C(=O)Nc1ccccc1C(=O)N1CC(C)CC(C)C1.Cl. The van der Waals surface area contributed by atoms with Gasteiger partial charge in [-0.1, -0.05) is 32.9 Å². The Bertz CT molecular complexity index is 584. The summed E-state index contributed by atoms with van der Waals surface area (Å²) >= 11 is 0. The third kappa shape index (κ3) is 5.72. The zero-order valence-electron chi connectivity index (χ0n) is 15.5. The molecule has 0 radical (unpaired) electrons. The monoisotopic (exact) mass is 367 g/mol. The van der Waals surface area contributed by atoms with E-state index in [9.17, 15) is 9.59 Å². The number of anilines is 1. The van der Waals surface area contributed by atoms with E-state index in [-0.39, 0.29) is 30.1 Å². The Morgan fingerprint density at radius 1 is 1.20 bits per heavy atom. The maximum Gasteiger partial charge on any atom is 0.255 e. The zero-order valence-corrected chi connectivity index (χ0v) is 16.4. The molecule has 1 aromatic carbocycles. The summed E-state index contributed by atoms with van der Waals surface area (Å²) in [4.78, 5) is 27.2. The van der Waals surface area contributed by atoms with E-state index in [1.807, 2.05) is 31.0 Å². The number of halogens is 1. The van der Waals surface area contributed by atoms with Gasteiger partial charge in [-0.05, 0) is 37.4 Å². The van der Waals surface area contributed by atoms with Gasteiger partial charge in [-0.25, -0.2) is 0 Å². The van der Waals surface area contributed by atoms with Gasteiger partial charge in [-0.15, -0.1) is 12.4 Å². The molecule has 25 heavy (non-hydrogen) atoms. The summed E-state index contributed by atoms with van der Waals surface area (Å²) in [7, 11) is 1.82. The highest BCUT2D eigenvalue weighted by Crippen LogP contribution is 2.25. The van der Waals surface area contributed by atoms with E-state index < -0.39 is 0 Å². The first kappa shape index (κ1) is 21.5. The summed E-state index contributed by atoms with van der Waals surface area (Å²) < 4.78 is 0. The van der Waals surface area contributed by atoms with Crippen LogP contribution in [-0.2, 0) is 4.79 Å². The van der Waals surface area contributed by atoms with Crippen LogP contribution in [0.4, 0.5) is 5.69 Å². The number of carbonyl (C=O) groups is 2. The van der Waals surface area contributed by atoms with Crippen LogP contribution in [0.2, 0.25) is 0 Å². The highest BCUT2D eigenvalue weighted by Gasteiger charge is 2.27. The van der Waals surface area contributed by atoms with E-state index in [1.54, 1.807) is 12.1 Å². The third-order valence-corrected chi connectivity index (χ3v) is 4.53. The van der Waals surface area contributed by atoms with Gasteiger partial charge < -0.3 is 15.5 Å². The normalized spacial score (nSPS) is 21.2. The molecule has 0 aromatic heterocycles. The number of amides is 2. The Labute approximate surface area is 157 Å². The van der Waals surface area contributed by atoms with E-state index in [0.717, 1.165) is 19.5 Å². The van der Waals surface area contributed by atoms with E-state index in [1.165, 1.54) is 0 Å². The van der Waals surface area contributed by atoms with Crippen molar-refractivity contribution in [3.05, 3.63) is 29.8 Å². The van der Waals surface area contributed by atoms with Crippen LogP contribution >= 0.6 is 12.4 Å². The minimum Gasteiger partial charge on any atom is -0.338 e. The molecule has 1 heterocycles. The molecule has 0 spiro atoms. The quantitative estimate of drug-likeness (QED) is 0.840. The first-order valence-electron chi connectivity index (χ1n) is 8.76. The Morgan fingerprint density at radius 2 is 1.80 bits per heavy atom. The maximum absolute atomic E-state index is 13.0. The highest BCUT2D eigenvalue weighted by atomic mass is 35.5. The number of nitrogens with zero attached hydrogens (tertiary/aromatic N) is 1. The lowest BCUT2D eigenvalue weighted by Crippen LogP contribution is -2.42. The van der Waals surface area contributed by atoms with Gasteiger partial charge >= 0.3 is 0 Å². The van der Waals surface area contributed by atoms with Crippen LogP contribution in [0.5, 0.6) is 0 Å². The molecule has 5 nitrogen and oxygen atoms in total. The van der Waals surface area contributed by atoms with Crippen molar-refractivity contribution >= 4 is 29.9 Å². The second kappa shape index (κ2) is 9.78. The molecule has 1 aliphatic rings. The smallest absolute Gasteiger partial charge is 0.255 e. The van der Waals surface area contributed by atoms with Crippen LogP contribution in [0.1, 0.15) is 37.6 Å². The summed E-state index contributed by atoms with van der Waals surface area (Å²) in [5, 5.41) is 5.91. The second-order valence-electron chi connectivity index (χ2n) is 7.15. The molecule has 2 rings (SSSR count). The van der Waals surface area contributed by atoms with Gasteiger partial charge in [0.05, 0.1) is 11.3 Å². The summed E-state index contributed by atoms with van der Waals surface area (Å²) in [6.45, 7) is 8.39. The molecular weight excluding hydrogens is 338 g/mol. The fourth-order valence-electron chi connectivity index (χ4n) is 3.43. The Balaban J connectivity index is 0.00000312. The molecule has 0 aliphatic carbocycles. The van der Waals surface area contributed by atoms with Crippen molar-refractivity contribution in [1.29, 1.82) is 0 Å². The standard InChI is InChI=1S/C19H29N3O2.ClH/c1-13-9-14(2)12-22(11-13)19(24)16-7-5-6-8-17(16)21-18(23)15(3)10-20-4;/h5-8,13-15,20H,9-12H2,1-4H3,(H,21,23);1H. The Kier molecular flexibility index (Phi) is 8.39. The number of likely N-dealkylation sites (tertiary alicyclic amines) is 1. The third-order valence-electron chi connectivity index (χ3n) is 4.53. The summed E-state index contributed by atoms with van der Waals surface area (Å²) in [6, 6.07) is 7.28. The zero-order chi connectivity index (χ0) is 17.7. The number of benzene rings is 1. The number of carbonyl (C=O) groups excluding carboxylic acids is 2. The Morgan fingerprint density at radius 3 is 2.40 bits per heavy atom. The van der Waals surface area contributed by atoms with Gasteiger partial charge in [-0.3, -0.25) is 9.59 Å². The summed E-state index contributed by atoms with van der Waals surface area (Å²) in [5.41, 5.74) is 1.17. The topological polar surface area (TPSA) is 61.4 Å². The largest absolute Gasteiger partial charge is 0.338 e. The molecule has 6 heteroatoms. The number of rotatable bonds is 5. The number of hydrogen-bond acceptors (Lipinski definition) is 3. The lowest BCUT2D eigenvalue weighted by atomic mass is 9.91. The summed E-state index contributed by atoms with van der Waals surface area (Å²) in [5.74, 6) is 0.786. The van der Waals surface area contributed by atoms with Crippen molar-refractivity contribution < 1.29 is 9.59 Å². The van der Waals surface area contributed by atoms with Gasteiger partial charge in [0.1, 0.15) is 0 Å². The molecule has 1 aromatic rings. The predicted octanol–water partition coefficient (Wildman–Crippen LogP) is 3.02. The summed E-state index contributed by atoms with van der Waals surface area (Å²) in [6.07, 6.45) is 1.16. The number of hydrogen-bond donors (Lipinski definition) is 2. The first-order chi connectivity index (χ1) is 11.4. The van der Waals surface area contributed by atoms with Crippen molar-refractivity contribution in [2.24, 2.45) is 17.8 Å². The van der Waals surface area contributed by atoms with Crippen molar-refractivity contribution in [1.82, 2.24) is 10.2 Å². The lowest BCUT2D eigenvalue weighted by molar-refractivity contribution is -0.119. The molecule has 1 saturated heterocycles. The predicted molar refractivity (Wildman–Crippen MR) is 104 cm³/mol. The first-order valence-corrected chi connectivity index (χ1v) is 8.76. The van der Waals surface area contributed by atoms with E-state index in [0.29, 0.717) is 29.6 Å². The molecular formula is C19H30ClN3O2. The van der Waals surface area contributed by atoms with Crippen molar-refractivity contribution in [2.45, 2.75) is 27.2 Å². The minimum absolute atomic E-state index is 0. The average molecular weight is 368 g/mol. The highest BCUT2D eigenvalue weighted by molar-refractivity contribution is 6.04. The number of piperidine rings is 1. The van der Waals surface area contributed by atoms with E-state index >= 15 is 0 Å². The molecule has 3 unspecified atom stereocenters.